The number of nitrogens with zero attached hydrogens (tertiary/aromatic N) is 7. The summed E-state index contributed by atoms with van der Waals surface area (Å²) in [5.41, 5.74) is 2.74. The molecule has 1 fully saturated rings. The minimum atomic E-state index is 0.659. The Labute approximate surface area is 168 Å². The number of halogens is 2. The van der Waals surface area contributed by atoms with E-state index in [1.165, 1.54) is 0 Å². The summed E-state index contributed by atoms with van der Waals surface area (Å²) in [6, 6.07) is 9.96. The van der Waals surface area contributed by atoms with Crippen LogP contribution in [0.5, 0.6) is 0 Å². The predicted molar refractivity (Wildman–Crippen MR) is 110 cm³/mol. The Kier molecular flexibility index (Phi) is 4.09. The lowest BCUT2D eigenvalue weighted by Gasteiger charge is -2.37. The number of hydrogen-bond donors (Lipinski definition) is 0. The van der Waals surface area contributed by atoms with Gasteiger partial charge in [0.15, 0.2) is 5.65 Å². The van der Waals surface area contributed by atoms with Gasteiger partial charge in [-0.1, -0.05) is 27.5 Å². The van der Waals surface area contributed by atoms with Gasteiger partial charge in [0.25, 0.3) is 0 Å². The summed E-state index contributed by atoms with van der Waals surface area (Å²) in [5, 5.41) is 14.2. The first-order chi connectivity index (χ1) is 13.2. The van der Waals surface area contributed by atoms with E-state index in [4.69, 9.17) is 11.6 Å². The zero-order valence-corrected chi connectivity index (χ0v) is 16.6. The second-order valence-electron chi connectivity index (χ2n) is 6.41. The molecule has 0 saturated carbocycles. The van der Waals surface area contributed by atoms with Crippen LogP contribution in [0.3, 0.4) is 0 Å². The maximum Gasteiger partial charge on any atom is 0.177 e. The van der Waals surface area contributed by atoms with Crippen LogP contribution in [0.4, 0.5) is 11.5 Å². The third kappa shape index (κ3) is 2.98. The van der Waals surface area contributed by atoms with Crippen LogP contribution < -0.4 is 9.80 Å². The lowest BCUT2D eigenvalue weighted by Crippen LogP contribution is -2.47. The average Bonchev–Trinajstić information content (AvgIpc) is 3.15. The van der Waals surface area contributed by atoms with E-state index in [1.54, 1.807) is 10.8 Å². The molecule has 7 nitrogen and oxygen atoms in total. The smallest absolute Gasteiger partial charge is 0.177 e. The minimum absolute atomic E-state index is 0.659. The minimum Gasteiger partial charge on any atom is -0.367 e. The Morgan fingerprint density at radius 3 is 2.67 bits per heavy atom. The van der Waals surface area contributed by atoms with Gasteiger partial charge in [0.05, 0.1) is 10.5 Å². The fourth-order valence-electron chi connectivity index (χ4n) is 3.50. The van der Waals surface area contributed by atoms with Crippen molar-refractivity contribution < 1.29 is 0 Å². The van der Waals surface area contributed by atoms with Gasteiger partial charge in [-0.3, -0.25) is 4.98 Å². The molecule has 9 heteroatoms. The highest BCUT2D eigenvalue weighted by atomic mass is 79.9. The SMILES string of the molecule is Clc1cc(Br)cc2c(N3CCN(c4ccc5nncn5n4)CC3)ccnc12. The highest BCUT2D eigenvalue weighted by molar-refractivity contribution is 9.10. The van der Waals surface area contributed by atoms with Crippen LogP contribution in [0, 0.1) is 0 Å². The van der Waals surface area contributed by atoms with Crippen LogP contribution in [0.15, 0.2) is 47.3 Å². The lowest BCUT2D eigenvalue weighted by molar-refractivity contribution is 0.643. The van der Waals surface area contributed by atoms with Crippen molar-refractivity contribution in [1.29, 1.82) is 0 Å². The molecule has 0 atom stereocenters. The van der Waals surface area contributed by atoms with Crippen LogP contribution in [-0.2, 0) is 0 Å². The molecule has 0 aliphatic carbocycles. The van der Waals surface area contributed by atoms with Gasteiger partial charge in [0.1, 0.15) is 12.1 Å². The molecule has 3 aromatic heterocycles. The van der Waals surface area contributed by atoms with Crippen LogP contribution in [0.1, 0.15) is 0 Å². The van der Waals surface area contributed by atoms with Gasteiger partial charge in [-0.2, -0.15) is 4.52 Å². The van der Waals surface area contributed by atoms with E-state index in [0.29, 0.717) is 5.02 Å². The monoisotopic (exact) mass is 443 g/mol. The van der Waals surface area contributed by atoms with Gasteiger partial charge in [-0.15, -0.1) is 15.3 Å². The first kappa shape index (κ1) is 16.7. The van der Waals surface area contributed by atoms with Gasteiger partial charge in [-0.05, 0) is 30.3 Å². The van der Waals surface area contributed by atoms with Crippen molar-refractivity contribution in [2.45, 2.75) is 0 Å². The predicted octanol–water partition coefficient (Wildman–Crippen LogP) is 3.42. The normalized spacial score (nSPS) is 15.0. The highest BCUT2D eigenvalue weighted by Crippen LogP contribution is 2.33. The molecule has 1 saturated heterocycles. The van der Waals surface area contributed by atoms with E-state index in [0.717, 1.165) is 58.7 Å². The number of benzene rings is 1. The number of aromatic nitrogens is 5. The molecule has 4 aromatic rings. The molecule has 0 spiro atoms. The van der Waals surface area contributed by atoms with E-state index in [-0.39, 0.29) is 0 Å². The third-order valence-electron chi connectivity index (χ3n) is 4.83. The van der Waals surface area contributed by atoms with Crippen LogP contribution in [0.25, 0.3) is 16.6 Å². The molecule has 0 N–H and O–H groups in total. The molecule has 1 aliphatic rings. The molecule has 0 radical (unpaired) electrons. The van der Waals surface area contributed by atoms with Crippen molar-refractivity contribution in [2.24, 2.45) is 0 Å². The van der Waals surface area contributed by atoms with Gasteiger partial charge in [0.2, 0.25) is 0 Å². The van der Waals surface area contributed by atoms with Crippen LogP contribution in [0.2, 0.25) is 5.02 Å². The average molecular weight is 445 g/mol. The van der Waals surface area contributed by atoms with Crippen molar-refractivity contribution in [3.8, 4) is 0 Å². The van der Waals surface area contributed by atoms with E-state index < -0.39 is 0 Å². The van der Waals surface area contributed by atoms with Gasteiger partial charge in [-0.25, -0.2) is 0 Å². The van der Waals surface area contributed by atoms with E-state index in [1.807, 2.05) is 24.4 Å². The third-order valence-corrected chi connectivity index (χ3v) is 5.58. The summed E-state index contributed by atoms with van der Waals surface area (Å²) in [4.78, 5) is 9.10. The van der Waals surface area contributed by atoms with Crippen LogP contribution in [-0.4, -0.2) is 51.0 Å². The lowest BCUT2D eigenvalue weighted by atomic mass is 10.1. The van der Waals surface area contributed by atoms with Crippen molar-refractivity contribution in [3.05, 3.63) is 52.4 Å². The van der Waals surface area contributed by atoms with Gasteiger partial charge < -0.3 is 9.80 Å². The second kappa shape index (κ2) is 6.61. The maximum atomic E-state index is 6.37. The number of pyridine rings is 1. The van der Waals surface area contributed by atoms with Gasteiger partial charge in [0, 0.05) is 47.9 Å². The summed E-state index contributed by atoms with van der Waals surface area (Å²) in [6.07, 6.45) is 3.45. The number of piperazine rings is 1. The Bertz CT molecular complexity index is 1140. The molecular weight excluding hydrogens is 430 g/mol. The molecule has 0 unspecified atom stereocenters. The highest BCUT2D eigenvalue weighted by Gasteiger charge is 2.21. The number of anilines is 2. The number of rotatable bonds is 2. The van der Waals surface area contributed by atoms with E-state index in [2.05, 4.69) is 58.1 Å². The standard InChI is InChI=1S/C18H15BrClN7/c19-12-9-13-15(3-4-21-18(13)14(20)10-12)25-5-7-26(8-6-25)17-2-1-16-23-22-11-27(16)24-17/h1-4,9-11H,5-8H2. The molecule has 0 amide bonds. The van der Waals surface area contributed by atoms with Crippen molar-refractivity contribution >= 4 is 55.6 Å². The molecule has 1 aliphatic heterocycles. The van der Waals surface area contributed by atoms with E-state index in [9.17, 15) is 0 Å². The summed E-state index contributed by atoms with van der Waals surface area (Å²) in [7, 11) is 0. The summed E-state index contributed by atoms with van der Waals surface area (Å²) >= 11 is 9.91. The largest absolute Gasteiger partial charge is 0.367 e. The fraction of sp³-hybridized carbons (Fsp3) is 0.222. The molecule has 1 aromatic carbocycles. The summed E-state index contributed by atoms with van der Waals surface area (Å²) in [6.45, 7) is 3.55. The molecule has 27 heavy (non-hydrogen) atoms. The quantitative estimate of drug-likeness (QED) is 0.472. The Hall–Kier alpha value is -2.45. The fourth-order valence-corrected chi connectivity index (χ4v) is 4.36. The molecule has 5 rings (SSSR count). The summed E-state index contributed by atoms with van der Waals surface area (Å²) < 4.78 is 2.66. The number of fused-ring (bicyclic) bond motifs is 2. The molecule has 136 valence electrons. The zero-order valence-electron chi connectivity index (χ0n) is 14.3. The Morgan fingerprint density at radius 1 is 1.00 bits per heavy atom. The molecule has 0 bridgehead atoms. The number of hydrogen-bond acceptors (Lipinski definition) is 6. The topological polar surface area (TPSA) is 62.5 Å². The first-order valence-corrected chi connectivity index (χ1v) is 9.77. The van der Waals surface area contributed by atoms with Crippen molar-refractivity contribution in [1.82, 2.24) is 24.8 Å². The van der Waals surface area contributed by atoms with Crippen LogP contribution >= 0.6 is 27.5 Å². The molecule has 4 heterocycles. The second-order valence-corrected chi connectivity index (χ2v) is 7.74. The Balaban J connectivity index is 1.41. The zero-order chi connectivity index (χ0) is 18.4. The maximum absolute atomic E-state index is 6.37. The first-order valence-electron chi connectivity index (χ1n) is 8.60. The van der Waals surface area contributed by atoms with E-state index >= 15 is 0 Å². The van der Waals surface area contributed by atoms with Crippen molar-refractivity contribution in [2.75, 3.05) is 36.0 Å². The van der Waals surface area contributed by atoms with Crippen molar-refractivity contribution in [3.63, 3.8) is 0 Å². The Morgan fingerprint density at radius 2 is 1.81 bits per heavy atom. The molecular formula is C18H15BrClN7. The summed E-state index contributed by atoms with van der Waals surface area (Å²) in [5.74, 6) is 0.937. The van der Waals surface area contributed by atoms with Gasteiger partial charge >= 0.3 is 0 Å².